The molecule has 1 aromatic carbocycles. The van der Waals surface area contributed by atoms with Crippen LogP contribution < -0.4 is 10.2 Å². The molecule has 6 rings (SSSR count). The van der Waals surface area contributed by atoms with Crippen molar-refractivity contribution >= 4 is 22.7 Å². The summed E-state index contributed by atoms with van der Waals surface area (Å²) in [6, 6.07) is 5.49. The molecule has 1 spiro atoms. The average Bonchev–Trinajstić information content (AvgIpc) is 3.55. The van der Waals surface area contributed by atoms with Gasteiger partial charge in [-0.3, -0.25) is 9.56 Å². The summed E-state index contributed by atoms with van der Waals surface area (Å²) in [4.78, 5) is 8.50. The summed E-state index contributed by atoms with van der Waals surface area (Å²) in [7, 11) is 0. The van der Waals surface area contributed by atoms with E-state index in [1.807, 2.05) is 26.0 Å². The molecule has 3 aliphatic heterocycles. The SMILES string of the molecule is Cc1sc2c(c1C)C(c1ccc(N3CCC4(CCNC4)C3)c(F)c1)=N[C@@H](C)c1nnc(C)n1-2. The lowest BCUT2D eigenvalue weighted by molar-refractivity contribution is 0.369. The summed E-state index contributed by atoms with van der Waals surface area (Å²) in [5, 5.41) is 13.3. The van der Waals surface area contributed by atoms with E-state index in [4.69, 9.17) is 4.99 Å². The number of aliphatic imine (C=N–C) groups is 1. The van der Waals surface area contributed by atoms with Gasteiger partial charge in [0, 0.05) is 41.1 Å². The zero-order chi connectivity index (χ0) is 22.9. The molecule has 2 fully saturated rings. The van der Waals surface area contributed by atoms with E-state index in [-0.39, 0.29) is 11.9 Å². The highest BCUT2D eigenvalue weighted by Crippen LogP contribution is 2.41. The lowest BCUT2D eigenvalue weighted by Gasteiger charge is -2.24. The molecule has 2 saturated heterocycles. The van der Waals surface area contributed by atoms with Crippen molar-refractivity contribution in [1.29, 1.82) is 0 Å². The van der Waals surface area contributed by atoms with Crippen LogP contribution in [0, 0.1) is 32.0 Å². The monoisotopic (exact) mass is 464 g/mol. The third-order valence-electron chi connectivity index (χ3n) is 7.69. The van der Waals surface area contributed by atoms with Crippen molar-refractivity contribution in [3.05, 3.63) is 57.2 Å². The molecule has 3 aromatic rings. The third kappa shape index (κ3) is 3.18. The van der Waals surface area contributed by atoms with Crippen molar-refractivity contribution in [2.75, 3.05) is 31.1 Å². The van der Waals surface area contributed by atoms with Crippen molar-refractivity contribution in [2.24, 2.45) is 10.4 Å². The molecule has 0 saturated carbocycles. The Hall–Kier alpha value is -2.58. The minimum Gasteiger partial charge on any atom is -0.369 e. The number of anilines is 1. The van der Waals surface area contributed by atoms with Gasteiger partial charge in [-0.25, -0.2) is 4.39 Å². The molecule has 33 heavy (non-hydrogen) atoms. The van der Waals surface area contributed by atoms with Crippen LogP contribution in [0.25, 0.3) is 5.00 Å². The standard InChI is InChI=1S/C25H29FN6S/c1-14-16(3)33-24-21(14)22(28-15(2)23-30-29-17(4)32(23)24)18-5-6-20(19(26)11-18)31-10-8-25(13-31)7-9-27-12-25/h5-6,11,15,27H,7-10,12-13H2,1-4H3/t15-,25?/m0/s1. The van der Waals surface area contributed by atoms with Crippen LogP contribution in [0.3, 0.4) is 0 Å². The number of nitrogens with zero attached hydrogens (tertiary/aromatic N) is 5. The maximum Gasteiger partial charge on any atom is 0.162 e. The smallest absolute Gasteiger partial charge is 0.162 e. The van der Waals surface area contributed by atoms with Crippen LogP contribution in [0.4, 0.5) is 10.1 Å². The lowest BCUT2D eigenvalue weighted by Crippen LogP contribution is -2.29. The number of hydrogen-bond donors (Lipinski definition) is 1. The van der Waals surface area contributed by atoms with Crippen LogP contribution in [0.5, 0.6) is 0 Å². The fraction of sp³-hybridized carbons (Fsp3) is 0.480. The second-order valence-electron chi connectivity index (χ2n) is 9.82. The van der Waals surface area contributed by atoms with Gasteiger partial charge >= 0.3 is 0 Å². The van der Waals surface area contributed by atoms with Crippen LogP contribution in [0.2, 0.25) is 0 Å². The Morgan fingerprint density at radius 2 is 2.03 bits per heavy atom. The van der Waals surface area contributed by atoms with E-state index >= 15 is 4.39 Å². The molecule has 1 N–H and O–H groups in total. The molecule has 3 aliphatic rings. The van der Waals surface area contributed by atoms with Gasteiger partial charge in [-0.1, -0.05) is 6.07 Å². The van der Waals surface area contributed by atoms with Crippen LogP contribution in [-0.4, -0.2) is 46.7 Å². The van der Waals surface area contributed by atoms with Gasteiger partial charge < -0.3 is 10.2 Å². The van der Waals surface area contributed by atoms with Gasteiger partial charge in [0.1, 0.15) is 22.7 Å². The second-order valence-corrected chi connectivity index (χ2v) is 11.0. The number of hydrogen-bond acceptors (Lipinski definition) is 6. The summed E-state index contributed by atoms with van der Waals surface area (Å²) in [6.07, 6.45) is 2.31. The zero-order valence-electron chi connectivity index (χ0n) is 19.6. The molecule has 0 aliphatic carbocycles. The largest absolute Gasteiger partial charge is 0.369 e. The van der Waals surface area contributed by atoms with Crippen molar-refractivity contribution in [3.8, 4) is 5.00 Å². The molecular formula is C25H29FN6S. The molecule has 2 aromatic heterocycles. The summed E-state index contributed by atoms with van der Waals surface area (Å²) in [5.74, 6) is 1.51. The Kier molecular flexibility index (Phi) is 4.75. The topological polar surface area (TPSA) is 58.3 Å². The number of fused-ring (bicyclic) bond motifs is 3. The number of thiophene rings is 1. The highest BCUT2D eigenvalue weighted by molar-refractivity contribution is 7.15. The molecule has 2 atom stereocenters. The maximum atomic E-state index is 15.5. The minimum atomic E-state index is -0.170. The summed E-state index contributed by atoms with van der Waals surface area (Å²) < 4.78 is 17.7. The van der Waals surface area contributed by atoms with Gasteiger partial charge in [-0.2, -0.15) is 0 Å². The first-order valence-electron chi connectivity index (χ1n) is 11.7. The van der Waals surface area contributed by atoms with Crippen LogP contribution >= 0.6 is 11.3 Å². The summed E-state index contributed by atoms with van der Waals surface area (Å²) in [5.41, 5.74) is 4.91. The average molecular weight is 465 g/mol. The van der Waals surface area contributed by atoms with Crippen LogP contribution in [0.1, 0.15) is 59.0 Å². The quantitative estimate of drug-likeness (QED) is 0.607. The van der Waals surface area contributed by atoms with Crippen LogP contribution in [-0.2, 0) is 0 Å². The van der Waals surface area contributed by atoms with Crippen LogP contribution in [0.15, 0.2) is 23.2 Å². The predicted molar refractivity (Wildman–Crippen MR) is 131 cm³/mol. The number of aryl methyl sites for hydroxylation is 2. The Balaban J connectivity index is 1.42. The Bertz CT molecular complexity index is 1280. The first kappa shape index (κ1) is 21.0. The van der Waals surface area contributed by atoms with Crippen molar-refractivity contribution in [2.45, 2.75) is 46.6 Å². The van der Waals surface area contributed by atoms with Gasteiger partial charge in [0.25, 0.3) is 0 Å². The first-order chi connectivity index (χ1) is 15.9. The van der Waals surface area contributed by atoms with E-state index in [0.717, 1.165) is 66.1 Å². The Morgan fingerprint density at radius 3 is 2.79 bits per heavy atom. The van der Waals surface area contributed by atoms with Crippen molar-refractivity contribution in [3.63, 3.8) is 0 Å². The molecule has 1 unspecified atom stereocenters. The van der Waals surface area contributed by atoms with E-state index in [9.17, 15) is 0 Å². The second kappa shape index (κ2) is 7.46. The van der Waals surface area contributed by atoms with Gasteiger partial charge in [0.15, 0.2) is 5.82 Å². The molecule has 0 radical (unpaired) electrons. The van der Waals surface area contributed by atoms with Crippen molar-refractivity contribution < 1.29 is 4.39 Å². The van der Waals surface area contributed by atoms with Gasteiger partial charge in [0.2, 0.25) is 0 Å². The van der Waals surface area contributed by atoms with Gasteiger partial charge in [-0.05, 0) is 64.8 Å². The van der Waals surface area contributed by atoms with E-state index < -0.39 is 0 Å². The number of nitrogens with one attached hydrogen (secondary N) is 1. The fourth-order valence-corrected chi connectivity index (χ4v) is 6.89. The molecule has 0 bridgehead atoms. The molecule has 0 amide bonds. The summed E-state index contributed by atoms with van der Waals surface area (Å²) >= 11 is 1.72. The van der Waals surface area contributed by atoms with Gasteiger partial charge in [-0.15, -0.1) is 21.5 Å². The molecule has 172 valence electrons. The van der Waals surface area contributed by atoms with E-state index in [1.54, 1.807) is 17.4 Å². The predicted octanol–water partition coefficient (Wildman–Crippen LogP) is 4.49. The number of aromatic nitrogens is 3. The highest BCUT2D eigenvalue weighted by atomic mass is 32.1. The molecule has 5 heterocycles. The van der Waals surface area contributed by atoms with E-state index in [2.05, 4.69) is 38.8 Å². The normalized spacial score (nSPS) is 24.2. The number of benzene rings is 1. The van der Waals surface area contributed by atoms with Crippen molar-refractivity contribution in [1.82, 2.24) is 20.1 Å². The van der Waals surface area contributed by atoms with E-state index in [0.29, 0.717) is 11.1 Å². The third-order valence-corrected chi connectivity index (χ3v) is 8.88. The molecule has 6 nitrogen and oxygen atoms in total. The maximum absolute atomic E-state index is 15.5. The highest BCUT2D eigenvalue weighted by Gasteiger charge is 2.41. The number of rotatable bonds is 2. The van der Waals surface area contributed by atoms with E-state index in [1.165, 1.54) is 16.9 Å². The lowest BCUT2D eigenvalue weighted by atomic mass is 9.86. The number of halogens is 1. The Labute approximate surface area is 197 Å². The molecular weight excluding hydrogens is 435 g/mol. The fourth-order valence-electron chi connectivity index (χ4n) is 5.68. The first-order valence-corrected chi connectivity index (χ1v) is 12.5. The zero-order valence-corrected chi connectivity index (χ0v) is 20.4. The minimum absolute atomic E-state index is 0.170. The van der Waals surface area contributed by atoms with Gasteiger partial charge in [0.05, 0.1) is 11.4 Å². The molecule has 8 heteroatoms. The Morgan fingerprint density at radius 1 is 1.18 bits per heavy atom. The summed E-state index contributed by atoms with van der Waals surface area (Å²) in [6.45, 7) is 12.2.